The Morgan fingerprint density at radius 3 is 2.54 bits per heavy atom. The van der Waals surface area contributed by atoms with Crippen molar-refractivity contribution in [3.05, 3.63) is 90.0 Å². The fraction of sp³-hybridized carbons (Fsp3) is 0.375. The molecule has 0 radical (unpaired) electrons. The van der Waals surface area contributed by atoms with E-state index in [0.29, 0.717) is 23.0 Å². The van der Waals surface area contributed by atoms with Crippen LogP contribution in [0.3, 0.4) is 0 Å². The summed E-state index contributed by atoms with van der Waals surface area (Å²) in [5.74, 6) is -1.21. The molecule has 0 spiro atoms. The lowest BCUT2D eigenvalue weighted by atomic mass is 9.86. The highest BCUT2D eigenvalue weighted by atomic mass is 19.1. The predicted octanol–water partition coefficient (Wildman–Crippen LogP) is 5.86. The van der Waals surface area contributed by atoms with Gasteiger partial charge in [-0.25, -0.2) is 19.3 Å². The fourth-order valence-electron chi connectivity index (χ4n) is 6.94. The van der Waals surface area contributed by atoms with Crippen LogP contribution < -0.4 is 26.6 Å². The number of carbonyl (C=O) groups is 2. The molecule has 284 valence electrons. The van der Waals surface area contributed by atoms with E-state index in [0.717, 1.165) is 56.9 Å². The van der Waals surface area contributed by atoms with Crippen molar-refractivity contribution in [2.24, 2.45) is 0 Å². The Labute approximate surface area is 314 Å². The van der Waals surface area contributed by atoms with Crippen molar-refractivity contribution >= 4 is 46.2 Å². The number of nitrogens with zero attached hydrogens (tertiary/aromatic N) is 5. The molecule has 0 unspecified atom stereocenters. The molecule has 2 aliphatic heterocycles. The molecular weight excluding hydrogens is 689 g/mol. The Kier molecular flexibility index (Phi) is 11.5. The van der Waals surface area contributed by atoms with E-state index in [4.69, 9.17) is 10.5 Å². The van der Waals surface area contributed by atoms with Crippen molar-refractivity contribution in [2.45, 2.75) is 64.6 Å². The summed E-state index contributed by atoms with van der Waals surface area (Å²) in [4.78, 5) is 43.9. The molecule has 2 saturated heterocycles. The summed E-state index contributed by atoms with van der Waals surface area (Å²) in [6.07, 6.45) is 6.18. The van der Waals surface area contributed by atoms with Crippen molar-refractivity contribution in [2.75, 3.05) is 59.4 Å². The zero-order valence-electron chi connectivity index (χ0n) is 31.2. The molecule has 13 nitrogen and oxygen atoms in total. The minimum Gasteiger partial charge on any atom is -0.394 e. The highest BCUT2D eigenvalue weighted by Crippen LogP contribution is 2.35. The molecule has 14 heteroatoms. The third-order valence-corrected chi connectivity index (χ3v) is 9.96. The summed E-state index contributed by atoms with van der Waals surface area (Å²) in [6, 6.07) is 12.5. The molecule has 2 fully saturated rings. The van der Waals surface area contributed by atoms with Crippen LogP contribution in [0.5, 0.6) is 0 Å². The van der Waals surface area contributed by atoms with E-state index in [2.05, 4.69) is 54.2 Å². The highest BCUT2D eigenvalue weighted by molar-refractivity contribution is 6.05. The van der Waals surface area contributed by atoms with Crippen molar-refractivity contribution in [3.63, 3.8) is 0 Å². The molecule has 4 aromatic rings. The third kappa shape index (κ3) is 8.51. The Morgan fingerprint density at radius 2 is 1.85 bits per heavy atom. The van der Waals surface area contributed by atoms with E-state index in [-0.39, 0.29) is 51.6 Å². The second-order valence-corrected chi connectivity index (χ2v) is 14.7. The zero-order chi connectivity index (χ0) is 38.6. The summed E-state index contributed by atoms with van der Waals surface area (Å²) in [6.45, 7) is 15.4. The summed E-state index contributed by atoms with van der Waals surface area (Å²) < 4.78 is 20.6. The number of piperazine rings is 1. The van der Waals surface area contributed by atoms with Crippen LogP contribution in [-0.4, -0.2) is 81.7 Å². The number of carbonyl (C=O) groups excluding carboxylic acids is 2. The normalized spacial score (nSPS) is 16.9. The van der Waals surface area contributed by atoms with Gasteiger partial charge in [-0.15, -0.1) is 0 Å². The van der Waals surface area contributed by atoms with E-state index >= 15 is 4.39 Å². The second-order valence-electron chi connectivity index (χ2n) is 14.7. The van der Waals surface area contributed by atoms with Crippen LogP contribution in [0.1, 0.15) is 62.0 Å². The molecule has 6 N–H and O–H groups in total. The van der Waals surface area contributed by atoms with Gasteiger partial charge in [0.25, 0.3) is 5.91 Å². The van der Waals surface area contributed by atoms with E-state index in [1.54, 1.807) is 12.1 Å². The van der Waals surface area contributed by atoms with Crippen molar-refractivity contribution in [3.8, 4) is 11.4 Å². The van der Waals surface area contributed by atoms with Gasteiger partial charge < -0.3 is 36.4 Å². The first-order valence-electron chi connectivity index (χ1n) is 18.1. The Balaban J connectivity index is 1.24. The monoisotopic (exact) mass is 737 g/mol. The number of nitrogens with one attached hydrogen (secondary N) is 3. The average molecular weight is 738 g/mol. The summed E-state index contributed by atoms with van der Waals surface area (Å²) >= 11 is 0. The number of ether oxygens (including phenoxy) is 1. The van der Waals surface area contributed by atoms with Gasteiger partial charge >= 0.3 is 0 Å². The summed E-state index contributed by atoms with van der Waals surface area (Å²) in [5.41, 5.74) is 9.59. The van der Waals surface area contributed by atoms with Crippen LogP contribution in [0.2, 0.25) is 0 Å². The fourth-order valence-corrected chi connectivity index (χ4v) is 6.94. The number of aliphatic hydroxyl groups excluding tert-OH is 1. The molecule has 0 saturated carbocycles. The largest absolute Gasteiger partial charge is 0.394 e. The molecule has 1 atom stereocenters. The maximum atomic E-state index is 15.0. The van der Waals surface area contributed by atoms with Gasteiger partial charge in [-0.2, -0.15) is 0 Å². The number of rotatable bonds is 10. The van der Waals surface area contributed by atoms with Gasteiger partial charge in [0.05, 0.1) is 35.4 Å². The molecule has 4 heterocycles. The van der Waals surface area contributed by atoms with E-state index in [1.807, 2.05) is 39.0 Å². The van der Waals surface area contributed by atoms with Crippen LogP contribution >= 0.6 is 0 Å². The number of halogens is 1. The molecule has 2 aromatic carbocycles. The van der Waals surface area contributed by atoms with E-state index in [9.17, 15) is 14.7 Å². The SMILES string of the molecule is C=CC(=O)Nc1cc(Nc2nc(-c3ccnc(NC(=O)c4ccc(C(C)(C)C)cc4F)c3CO)ncc2N)ccc1N1CCN(C2CCOCC2)C[C@@H]1C. The van der Waals surface area contributed by atoms with Crippen molar-refractivity contribution < 1.29 is 23.8 Å². The van der Waals surface area contributed by atoms with Gasteiger partial charge in [0.2, 0.25) is 5.91 Å². The molecule has 54 heavy (non-hydrogen) atoms. The van der Waals surface area contributed by atoms with Crippen LogP contribution in [0.4, 0.5) is 38.8 Å². The lowest BCUT2D eigenvalue weighted by Crippen LogP contribution is -2.56. The van der Waals surface area contributed by atoms with Gasteiger partial charge in [-0.1, -0.05) is 33.4 Å². The van der Waals surface area contributed by atoms with Crippen LogP contribution in [0, 0.1) is 5.82 Å². The smallest absolute Gasteiger partial charge is 0.259 e. The second kappa shape index (κ2) is 16.3. The number of nitrogen functional groups attached to an aromatic ring is 1. The topological polar surface area (TPSA) is 171 Å². The predicted molar refractivity (Wildman–Crippen MR) is 209 cm³/mol. The van der Waals surface area contributed by atoms with E-state index < -0.39 is 18.3 Å². The number of aromatic nitrogens is 3. The van der Waals surface area contributed by atoms with Gasteiger partial charge in [0, 0.05) is 67.9 Å². The van der Waals surface area contributed by atoms with Crippen molar-refractivity contribution in [1.29, 1.82) is 0 Å². The highest BCUT2D eigenvalue weighted by Gasteiger charge is 2.31. The molecule has 6 rings (SSSR count). The lowest BCUT2D eigenvalue weighted by Gasteiger charge is -2.45. The Morgan fingerprint density at radius 1 is 1.07 bits per heavy atom. The summed E-state index contributed by atoms with van der Waals surface area (Å²) in [5, 5.41) is 19.3. The number of pyridine rings is 1. The lowest BCUT2D eigenvalue weighted by molar-refractivity contribution is -0.111. The van der Waals surface area contributed by atoms with Gasteiger partial charge in [0.15, 0.2) is 11.6 Å². The molecule has 0 aliphatic carbocycles. The number of aliphatic hydroxyl groups is 1. The van der Waals surface area contributed by atoms with Crippen LogP contribution in [0.15, 0.2) is 67.5 Å². The number of anilines is 6. The van der Waals surface area contributed by atoms with Crippen LogP contribution in [-0.2, 0) is 21.6 Å². The van der Waals surface area contributed by atoms with Gasteiger partial charge in [0.1, 0.15) is 11.6 Å². The van der Waals surface area contributed by atoms with Gasteiger partial charge in [-0.05, 0) is 73.2 Å². The minimum atomic E-state index is -0.716. The third-order valence-electron chi connectivity index (χ3n) is 9.96. The molecule has 2 amide bonds. The molecule has 2 aliphatic rings. The standard InChI is InChI=1S/C40H48FN9O4/c1-6-35(52)46-33-20-26(8-10-34(33)50-16-15-49(22-24(50)2)27-12-17-54-18-13-27)45-38-32(42)21-44-36(47-38)28-11-14-43-37(30(28)23-51)48-39(53)29-9-7-25(19-31(29)41)40(3,4)5/h6-11,14,19-21,24,27,51H,1,12-13,15-18,22-23,42H2,2-5H3,(H,46,52)(H,43,48,53)(H,44,45,47)/t24-/m0/s1. The number of benzene rings is 2. The number of hydrogen-bond donors (Lipinski definition) is 5. The molecule has 0 bridgehead atoms. The van der Waals surface area contributed by atoms with Crippen molar-refractivity contribution in [1.82, 2.24) is 19.9 Å². The number of hydrogen-bond acceptors (Lipinski definition) is 11. The maximum Gasteiger partial charge on any atom is 0.259 e. The first-order valence-corrected chi connectivity index (χ1v) is 18.1. The van der Waals surface area contributed by atoms with Gasteiger partial charge in [-0.3, -0.25) is 14.5 Å². The first kappa shape index (κ1) is 38.3. The quantitative estimate of drug-likeness (QED) is 0.124. The first-order chi connectivity index (χ1) is 25.9. The van der Waals surface area contributed by atoms with Crippen LogP contribution in [0.25, 0.3) is 11.4 Å². The molecule has 2 aromatic heterocycles. The Bertz CT molecular complexity index is 2030. The summed E-state index contributed by atoms with van der Waals surface area (Å²) in [7, 11) is 0. The Hall–Kier alpha value is -5.44. The number of nitrogens with two attached hydrogens (primary N) is 1. The average Bonchev–Trinajstić information content (AvgIpc) is 3.15. The number of amides is 2. The van der Waals surface area contributed by atoms with E-state index in [1.165, 1.54) is 30.6 Å². The maximum absolute atomic E-state index is 15.0. The zero-order valence-corrected chi connectivity index (χ0v) is 31.2. The molecular formula is C40H48FN9O4. The minimum absolute atomic E-state index is 0.0373.